The number of nitrogens with two attached hydrogens (primary N) is 1. The second kappa shape index (κ2) is 13.4. The van der Waals surface area contributed by atoms with Crippen molar-refractivity contribution in [3.63, 3.8) is 0 Å². The molecule has 4 aromatic rings. The van der Waals surface area contributed by atoms with Gasteiger partial charge in [-0.15, -0.1) is 16.4 Å². The van der Waals surface area contributed by atoms with E-state index in [1.807, 2.05) is 0 Å². The third kappa shape index (κ3) is 8.65. The fraction of sp³-hybridized carbons (Fsp3) is 0.292. The molecular weight excluding hydrogens is 583 g/mol. The molecule has 0 bridgehead atoms. The number of aliphatic carboxylic acids is 1. The fourth-order valence-electron chi connectivity index (χ4n) is 3.47. The number of aromatic nitrogens is 4. The first-order valence-corrected chi connectivity index (χ1v) is 14.3. The zero-order valence-electron chi connectivity index (χ0n) is 21.3. The smallest absolute Gasteiger partial charge is 0.328 e. The zero-order valence-corrected chi connectivity index (χ0v) is 22.9. The number of alkyl halides is 1. The number of primary sulfonamides is 1. The molecule has 2 heterocycles. The van der Waals surface area contributed by atoms with Crippen LogP contribution in [0.25, 0.3) is 10.2 Å². The van der Waals surface area contributed by atoms with Gasteiger partial charge in [-0.3, -0.25) is 4.79 Å². The summed E-state index contributed by atoms with van der Waals surface area (Å²) >= 11 is 0.945. The van der Waals surface area contributed by atoms with Gasteiger partial charge in [-0.1, -0.05) is 17.3 Å². The number of ether oxygens (including phenoxy) is 3. The van der Waals surface area contributed by atoms with Crippen molar-refractivity contribution >= 4 is 43.5 Å². The number of hydrogen-bond donors (Lipinski definition) is 3. The van der Waals surface area contributed by atoms with Crippen molar-refractivity contribution in [2.75, 3.05) is 19.9 Å². The van der Waals surface area contributed by atoms with Gasteiger partial charge in [-0.2, -0.15) is 0 Å². The lowest BCUT2D eigenvalue weighted by molar-refractivity contribution is -0.144. The average molecular weight is 609 g/mol. The number of rotatable bonds is 15. The molecule has 4 rings (SSSR count). The summed E-state index contributed by atoms with van der Waals surface area (Å²) in [7, 11) is -3.91. The Labute approximate surface area is 236 Å². The third-order valence-corrected chi connectivity index (χ3v) is 7.65. The second-order valence-corrected chi connectivity index (χ2v) is 11.3. The molecule has 0 saturated heterocycles. The van der Waals surface area contributed by atoms with Crippen LogP contribution in [0.1, 0.15) is 11.3 Å². The molecule has 41 heavy (non-hydrogen) atoms. The molecule has 0 radical (unpaired) electrons. The Kier molecular flexibility index (Phi) is 9.77. The summed E-state index contributed by atoms with van der Waals surface area (Å²) in [5, 5.41) is 24.8. The van der Waals surface area contributed by atoms with Crippen molar-refractivity contribution in [3.8, 4) is 11.5 Å². The van der Waals surface area contributed by atoms with Gasteiger partial charge in [0, 0.05) is 6.07 Å². The maximum absolute atomic E-state index is 12.4. The lowest BCUT2D eigenvalue weighted by Gasteiger charge is -2.15. The number of amides is 1. The molecule has 0 spiro atoms. The van der Waals surface area contributed by atoms with Gasteiger partial charge in [-0.05, 0) is 29.8 Å². The Morgan fingerprint density at radius 1 is 1.15 bits per heavy atom. The van der Waals surface area contributed by atoms with Crippen molar-refractivity contribution in [3.05, 3.63) is 59.9 Å². The highest BCUT2D eigenvalue weighted by Crippen LogP contribution is 2.28. The van der Waals surface area contributed by atoms with Crippen molar-refractivity contribution in [2.45, 2.75) is 30.1 Å². The van der Waals surface area contributed by atoms with E-state index >= 15 is 0 Å². The fourth-order valence-corrected chi connectivity index (χ4v) is 5.11. The predicted molar refractivity (Wildman–Crippen MR) is 142 cm³/mol. The Hall–Kier alpha value is -4.19. The molecule has 218 valence electrons. The number of fused-ring (bicyclic) bond motifs is 1. The number of carbonyl (C=O) groups excluding carboxylic acids is 1. The highest BCUT2D eigenvalue weighted by atomic mass is 32.2. The summed E-state index contributed by atoms with van der Waals surface area (Å²) in [6, 6.07) is 10.3. The highest BCUT2D eigenvalue weighted by Gasteiger charge is 2.21. The minimum Gasteiger partial charge on any atom is -0.491 e. The first-order valence-electron chi connectivity index (χ1n) is 11.9. The minimum atomic E-state index is -3.91. The molecule has 2 aromatic heterocycles. The van der Waals surface area contributed by atoms with Gasteiger partial charge in [-0.25, -0.2) is 32.4 Å². The van der Waals surface area contributed by atoms with Gasteiger partial charge in [0.1, 0.15) is 43.6 Å². The molecule has 0 unspecified atom stereocenters. The van der Waals surface area contributed by atoms with Crippen molar-refractivity contribution in [2.24, 2.45) is 5.14 Å². The van der Waals surface area contributed by atoms with Crippen LogP contribution in [0, 0.1) is 0 Å². The van der Waals surface area contributed by atoms with Crippen LogP contribution < -0.4 is 19.9 Å². The molecule has 14 nitrogen and oxygen atoms in total. The van der Waals surface area contributed by atoms with Crippen molar-refractivity contribution in [1.29, 1.82) is 0 Å². The van der Waals surface area contributed by atoms with E-state index in [4.69, 9.17) is 19.3 Å². The molecule has 4 N–H and O–H groups in total. The highest BCUT2D eigenvalue weighted by molar-refractivity contribution is 7.91. The number of sulfonamides is 1. The molecule has 1 atom stereocenters. The molecule has 0 aliphatic rings. The van der Waals surface area contributed by atoms with Crippen LogP contribution in [0.3, 0.4) is 0 Å². The maximum Gasteiger partial charge on any atom is 0.328 e. The number of carbonyl (C=O) groups is 2. The Morgan fingerprint density at radius 3 is 2.71 bits per heavy atom. The maximum atomic E-state index is 12.4. The average Bonchev–Trinajstić information content (AvgIpc) is 3.57. The Bertz CT molecular complexity index is 1630. The van der Waals surface area contributed by atoms with E-state index in [2.05, 4.69) is 20.6 Å². The lowest BCUT2D eigenvalue weighted by Crippen LogP contribution is -2.45. The molecule has 0 aliphatic heterocycles. The number of nitrogens with one attached hydrogen (secondary N) is 1. The summed E-state index contributed by atoms with van der Waals surface area (Å²) in [5.74, 6) is -1.04. The molecule has 1 amide bonds. The van der Waals surface area contributed by atoms with Crippen LogP contribution in [0.15, 0.2) is 53.0 Å². The SMILES string of the molecule is NS(=O)(=O)c1nc2cc(OCc3cn(CC(=O)N[C@H](COCc4cccc(OCCF)c4)C(=O)O)nn3)ccc2s1. The summed E-state index contributed by atoms with van der Waals surface area (Å²) in [5.41, 5.74) is 1.48. The van der Waals surface area contributed by atoms with Gasteiger partial charge in [0.2, 0.25) is 10.2 Å². The first kappa shape index (κ1) is 29.8. The Morgan fingerprint density at radius 2 is 1.95 bits per heavy atom. The van der Waals surface area contributed by atoms with E-state index in [1.165, 1.54) is 10.9 Å². The van der Waals surface area contributed by atoms with Crippen LogP contribution >= 0.6 is 11.3 Å². The molecule has 0 saturated carbocycles. The summed E-state index contributed by atoms with van der Waals surface area (Å²) in [6.45, 7) is -1.25. The van der Waals surface area contributed by atoms with E-state index in [1.54, 1.807) is 42.5 Å². The lowest BCUT2D eigenvalue weighted by atomic mass is 10.2. The quantitative estimate of drug-likeness (QED) is 0.176. The first-order chi connectivity index (χ1) is 19.6. The van der Waals surface area contributed by atoms with E-state index in [-0.39, 0.29) is 37.3 Å². The monoisotopic (exact) mass is 608 g/mol. The summed E-state index contributed by atoms with van der Waals surface area (Å²) in [6.07, 6.45) is 1.46. The van der Waals surface area contributed by atoms with Crippen LogP contribution in [0.5, 0.6) is 11.5 Å². The summed E-state index contributed by atoms with van der Waals surface area (Å²) in [4.78, 5) is 28.1. The van der Waals surface area contributed by atoms with Crippen LogP contribution in [-0.2, 0) is 44.1 Å². The topological polar surface area (TPSA) is 198 Å². The normalized spacial score (nSPS) is 12.2. The number of halogens is 1. The number of carboxylic acid groups (broad SMARTS) is 1. The van der Waals surface area contributed by atoms with Crippen molar-refractivity contribution < 1.29 is 41.7 Å². The van der Waals surface area contributed by atoms with E-state index in [9.17, 15) is 27.5 Å². The zero-order chi connectivity index (χ0) is 29.4. The standard InChI is InChI=1S/C24H25FN6O8S2/c25-6-7-38-17-3-1-2-15(8-17)12-37-14-20(23(33)34)27-22(32)11-31-10-16(29-30-31)13-39-18-4-5-21-19(9-18)28-24(40-21)41(26,35)36/h1-5,8-10,20H,6-7,11-14H2,(H,27,32)(H,33,34)(H2,26,35,36)/t20-/m1/s1. The number of carboxylic acids is 1. The number of thiazole rings is 1. The van der Waals surface area contributed by atoms with Gasteiger partial charge in [0.05, 0.1) is 29.6 Å². The predicted octanol–water partition coefficient (Wildman–Crippen LogP) is 1.25. The van der Waals surface area contributed by atoms with E-state index < -0.39 is 34.6 Å². The molecule has 17 heteroatoms. The van der Waals surface area contributed by atoms with E-state index in [0.717, 1.165) is 11.3 Å². The molecule has 0 aliphatic carbocycles. The third-order valence-electron chi connectivity index (χ3n) is 5.29. The summed E-state index contributed by atoms with van der Waals surface area (Å²) < 4.78 is 53.3. The molecule has 2 aromatic carbocycles. The molecular formula is C24H25FN6O8S2. The van der Waals surface area contributed by atoms with Crippen LogP contribution in [-0.4, -0.2) is 71.3 Å². The minimum absolute atomic E-state index is 0.00901. The van der Waals surface area contributed by atoms with Crippen molar-refractivity contribution in [1.82, 2.24) is 25.3 Å². The number of hydrogen-bond acceptors (Lipinski definition) is 11. The molecule has 0 fully saturated rings. The van der Waals surface area contributed by atoms with Gasteiger partial charge < -0.3 is 24.6 Å². The number of nitrogens with zero attached hydrogens (tertiary/aromatic N) is 4. The van der Waals surface area contributed by atoms with Gasteiger partial charge in [0.15, 0.2) is 6.04 Å². The Balaban J connectivity index is 1.25. The van der Waals surface area contributed by atoms with E-state index in [0.29, 0.717) is 33.0 Å². The van der Waals surface area contributed by atoms with Gasteiger partial charge in [0.25, 0.3) is 10.0 Å². The van der Waals surface area contributed by atoms with Crippen LogP contribution in [0.2, 0.25) is 0 Å². The largest absolute Gasteiger partial charge is 0.491 e. The van der Waals surface area contributed by atoms with Gasteiger partial charge >= 0.3 is 5.97 Å². The van der Waals surface area contributed by atoms with Crippen LogP contribution in [0.4, 0.5) is 4.39 Å². The second-order valence-electron chi connectivity index (χ2n) is 8.51. The number of benzene rings is 2.